The van der Waals surface area contributed by atoms with Gasteiger partial charge >= 0.3 is 0 Å². The summed E-state index contributed by atoms with van der Waals surface area (Å²) < 4.78 is 5.70. The molecule has 1 unspecified atom stereocenters. The lowest BCUT2D eigenvalue weighted by molar-refractivity contribution is 0.176. The highest BCUT2D eigenvalue weighted by Gasteiger charge is 2.16. The van der Waals surface area contributed by atoms with Crippen LogP contribution < -0.4 is 10.5 Å². The van der Waals surface area contributed by atoms with E-state index >= 15 is 0 Å². The largest absolute Gasteiger partial charge is 0.494 e. The van der Waals surface area contributed by atoms with Crippen molar-refractivity contribution in [2.75, 3.05) is 26.2 Å². The summed E-state index contributed by atoms with van der Waals surface area (Å²) in [5.41, 5.74) is 6.82. The van der Waals surface area contributed by atoms with Gasteiger partial charge in [-0.25, -0.2) is 0 Å². The first-order chi connectivity index (χ1) is 9.28. The molecule has 0 bridgehead atoms. The smallest absolute Gasteiger partial charge is 0.119 e. The van der Waals surface area contributed by atoms with Crippen molar-refractivity contribution in [1.82, 2.24) is 4.90 Å². The van der Waals surface area contributed by atoms with Gasteiger partial charge < -0.3 is 10.5 Å². The SMILES string of the molecule is CC1CCCN(Cc2cccc(OCCCN)c2)C1. The van der Waals surface area contributed by atoms with E-state index in [0.29, 0.717) is 13.2 Å². The Balaban J connectivity index is 1.87. The monoisotopic (exact) mass is 262 g/mol. The van der Waals surface area contributed by atoms with Crippen LogP contribution in [0, 0.1) is 5.92 Å². The predicted octanol–water partition coefficient (Wildman–Crippen LogP) is 2.65. The quantitative estimate of drug-likeness (QED) is 0.801. The fourth-order valence-corrected chi connectivity index (χ4v) is 2.70. The Labute approximate surface area is 116 Å². The molecule has 3 heteroatoms. The van der Waals surface area contributed by atoms with E-state index in [1.807, 2.05) is 6.07 Å². The highest BCUT2D eigenvalue weighted by Crippen LogP contribution is 2.20. The predicted molar refractivity (Wildman–Crippen MR) is 79.3 cm³/mol. The van der Waals surface area contributed by atoms with E-state index in [4.69, 9.17) is 10.5 Å². The maximum atomic E-state index is 5.70. The third-order valence-corrected chi connectivity index (χ3v) is 3.66. The van der Waals surface area contributed by atoms with Crippen LogP contribution in [0.2, 0.25) is 0 Å². The number of rotatable bonds is 6. The molecule has 106 valence electrons. The van der Waals surface area contributed by atoms with Crippen LogP contribution in [0.3, 0.4) is 0 Å². The standard InChI is InChI=1S/C16H26N2O/c1-14-5-3-9-18(12-14)13-15-6-2-7-16(11-15)19-10-4-8-17/h2,6-7,11,14H,3-5,8-10,12-13,17H2,1H3. The average Bonchev–Trinajstić information content (AvgIpc) is 2.39. The van der Waals surface area contributed by atoms with E-state index < -0.39 is 0 Å². The second-order valence-corrected chi connectivity index (χ2v) is 5.62. The lowest BCUT2D eigenvalue weighted by atomic mass is 10.00. The van der Waals surface area contributed by atoms with Gasteiger partial charge in [-0.3, -0.25) is 4.90 Å². The second kappa shape index (κ2) is 7.51. The molecule has 0 aliphatic carbocycles. The molecular formula is C16H26N2O. The molecule has 1 aromatic carbocycles. The molecule has 1 fully saturated rings. The summed E-state index contributed by atoms with van der Waals surface area (Å²) in [6.07, 6.45) is 3.61. The molecular weight excluding hydrogens is 236 g/mol. The Hall–Kier alpha value is -1.06. The van der Waals surface area contributed by atoms with Crippen molar-refractivity contribution in [3.8, 4) is 5.75 Å². The summed E-state index contributed by atoms with van der Waals surface area (Å²) in [5, 5.41) is 0. The molecule has 1 heterocycles. The van der Waals surface area contributed by atoms with Crippen LogP contribution in [0.1, 0.15) is 31.7 Å². The maximum Gasteiger partial charge on any atom is 0.119 e. The molecule has 2 N–H and O–H groups in total. The van der Waals surface area contributed by atoms with Crippen LogP contribution in [0.5, 0.6) is 5.75 Å². The van der Waals surface area contributed by atoms with Crippen molar-refractivity contribution in [2.45, 2.75) is 32.7 Å². The Morgan fingerprint density at radius 3 is 3.11 bits per heavy atom. The fourth-order valence-electron chi connectivity index (χ4n) is 2.70. The van der Waals surface area contributed by atoms with Crippen molar-refractivity contribution in [3.05, 3.63) is 29.8 Å². The molecule has 2 rings (SSSR count). The molecule has 19 heavy (non-hydrogen) atoms. The first kappa shape index (κ1) is 14.4. The summed E-state index contributed by atoms with van der Waals surface area (Å²) >= 11 is 0. The van der Waals surface area contributed by atoms with Crippen LogP contribution in [0.4, 0.5) is 0 Å². The molecule has 3 nitrogen and oxygen atoms in total. The second-order valence-electron chi connectivity index (χ2n) is 5.62. The topological polar surface area (TPSA) is 38.5 Å². The van der Waals surface area contributed by atoms with Crippen LogP contribution in [-0.4, -0.2) is 31.1 Å². The van der Waals surface area contributed by atoms with Crippen molar-refractivity contribution < 1.29 is 4.74 Å². The Morgan fingerprint density at radius 2 is 2.32 bits per heavy atom. The molecule has 0 spiro atoms. The summed E-state index contributed by atoms with van der Waals surface area (Å²) in [6.45, 7) is 7.23. The van der Waals surface area contributed by atoms with E-state index in [0.717, 1.165) is 24.6 Å². The van der Waals surface area contributed by atoms with E-state index in [-0.39, 0.29) is 0 Å². The van der Waals surface area contributed by atoms with E-state index in [9.17, 15) is 0 Å². The molecule has 1 aromatic rings. The lowest BCUT2D eigenvalue weighted by Crippen LogP contribution is -2.33. The molecule has 0 radical (unpaired) electrons. The normalized spacial score (nSPS) is 20.4. The number of hydrogen-bond acceptors (Lipinski definition) is 3. The third kappa shape index (κ3) is 4.84. The molecule has 1 aliphatic heterocycles. The Kier molecular flexibility index (Phi) is 5.67. The van der Waals surface area contributed by atoms with Gasteiger partial charge in [-0.15, -0.1) is 0 Å². The van der Waals surface area contributed by atoms with Gasteiger partial charge in [0.15, 0.2) is 0 Å². The number of ether oxygens (including phenoxy) is 1. The molecule has 0 aromatic heterocycles. The van der Waals surface area contributed by atoms with Crippen molar-refractivity contribution in [1.29, 1.82) is 0 Å². The van der Waals surface area contributed by atoms with Crippen molar-refractivity contribution in [2.24, 2.45) is 11.7 Å². The number of nitrogens with zero attached hydrogens (tertiary/aromatic N) is 1. The highest BCUT2D eigenvalue weighted by atomic mass is 16.5. The molecule has 0 amide bonds. The minimum Gasteiger partial charge on any atom is -0.494 e. The van der Waals surface area contributed by atoms with Crippen molar-refractivity contribution >= 4 is 0 Å². The minimum atomic E-state index is 0.686. The number of benzene rings is 1. The molecule has 0 saturated carbocycles. The van der Waals surface area contributed by atoms with E-state index in [1.165, 1.54) is 31.5 Å². The molecule has 1 atom stereocenters. The maximum absolute atomic E-state index is 5.70. The lowest BCUT2D eigenvalue weighted by Gasteiger charge is -2.30. The minimum absolute atomic E-state index is 0.686. The summed E-state index contributed by atoms with van der Waals surface area (Å²) in [7, 11) is 0. The Morgan fingerprint density at radius 1 is 1.42 bits per heavy atom. The van der Waals surface area contributed by atoms with Gasteiger partial charge in [0.1, 0.15) is 5.75 Å². The number of likely N-dealkylation sites (tertiary alicyclic amines) is 1. The zero-order valence-corrected chi connectivity index (χ0v) is 12.0. The number of piperidine rings is 1. The highest BCUT2D eigenvalue weighted by molar-refractivity contribution is 5.28. The summed E-state index contributed by atoms with van der Waals surface area (Å²) in [6, 6.07) is 8.46. The Bertz CT molecular complexity index is 381. The summed E-state index contributed by atoms with van der Waals surface area (Å²) in [4.78, 5) is 2.55. The van der Waals surface area contributed by atoms with E-state index in [2.05, 4.69) is 30.0 Å². The zero-order valence-electron chi connectivity index (χ0n) is 12.0. The van der Waals surface area contributed by atoms with Gasteiger partial charge in [0.05, 0.1) is 6.61 Å². The first-order valence-electron chi connectivity index (χ1n) is 7.42. The first-order valence-corrected chi connectivity index (χ1v) is 7.42. The van der Waals surface area contributed by atoms with Gasteiger partial charge in [0.25, 0.3) is 0 Å². The third-order valence-electron chi connectivity index (χ3n) is 3.66. The average molecular weight is 262 g/mol. The zero-order chi connectivity index (χ0) is 13.5. The number of hydrogen-bond donors (Lipinski definition) is 1. The molecule has 1 aliphatic rings. The number of nitrogens with two attached hydrogens (primary N) is 1. The van der Waals surface area contributed by atoms with Gasteiger partial charge in [-0.1, -0.05) is 19.1 Å². The van der Waals surface area contributed by atoms with Crippen molar-refractivity contribution in [3.63, 3.8) is 0 Å². The molecule has 1 saturated heterocycles. The van der Waals surface area contributed by atoms with Crippen LogP contribution in [-0.2, 0) is 6.54 Å². The van der Waals surface area contributed by atoms with Gasteiger partial charge in [-0.05, 0) is 56.0 Å². The van der Waals surface area contributed by atoms with Crippen LogP contribution >= 0.6 is 0 Å². The van der Waals surface area contributed by atoms with Gasteiger partial charge in [0, 0.05) is 13.1 Å². The van der Waals surface area contributed by atoms with E-state index in [1.54, 1.807) is 0 Å². The van der Waals surface area contributed by atoms with Gasteiger partial charge in [0.2, 0.25) is 0 Å². The summed E-state index contributed by atoms with van der Waals surface area (Å²) in [5.74, 6) is 1.80. The fraction of sp³-hybridized carbons (Fsp3) is 0.625. The van der Waals surface area contributed by atoms with Crippen LogP contribution in [0.25, 0.3) is 0 Å². The van der Waals surface area contributed by atoms with Crippen LogP contribution in [0.15, 0.2) is 24.3 Å². The van der Waals surface area contributed by atoms with Gasteiger partial charge in [-0.2, -0.15) is 0 Å².